The van der Waals surface area contributed by atoms with Gasteiger partial charge in [-0.05, 0) is 40.5 Å². The average molecular weight is 533 g/mol. The molecule has 11 heteroatoms. The Hall–Kier alpha value is -0.820. The molecular weight excluding hydrogens is 497 g/mol. The van der Waals surface area contributed by atoms with E-state index < -0.39 is 21.7 Å². The molecule has 166 valence electrons. The number of halogens is 1. The summed E-state index contributed by atoms with van der Waals surface area (Å²) >= 11 is 0. The van der Waals surface area contributed by atoms with Crippen LogP contribution in [0.1, 0.15) is 40.5 Å². The largest absolute Gasteiger partial charge is 0.444 e. The summed E-state index contributed by atoms with van der Waals surface area (Å²) in [4.78, 5) is 18.2. The summed E-state index contributed by atoms with van der Waals surface area (Å²) in [5.41, 5.74) is -0.515. The molecule has 0 bridgehead atoms. The highest BCUT2D eigenvalue weighted by atomic mass is 127. The van der Waals surface area contributed by atoms with E-state index in [2.05, 4.69) is 20.5 Å². The highest BCUT2D eigenvalue weighted by molar-refractivity contribution is 14.0. The van der Waals surface area contributed by atoms with Gasteiger partial charge in [-0.1, -0.05) is 0 Å². The number of hydrogen-bond donors (Lipinski definition) is 2. The number of aliphatic imine (C=N–C) groups is 1. The molecule has 28 heavy (non-hydrogen) atoms. The second-order valence-electron chi connectivity index (χ2n) is 7.63. The summed E-state index contributed by atoms with van der Waals surface area (Å²) in [5, 5.41) is 6.15. The van der Waals surface area contributed by atoms with E-state index in [1.54, 1.807) is 21.0 Å². The number of sulfonamides is 1. The summed E-state index contributed by atoms with van der Waals surface area (Å²) < 4.78 is 30.1. The number of likely N-dealkylation sites (tertiary alicyclic amines) is 1. The second-order valence-corrected chi connectivity index (χ2v) is 9.99. The van der Waals surface area contributed by atoms with Crippen LogP contribution in [0, 0.1) is 0 Å². The van der Waals surface area contributed by atoms with Crippen molar-refractivity contribution >= 4 is 46.1 Å². The molecule has 0 saturated carbocycles. The first-order valence-electron chi connectivity index (χ1n) is 9.37. The summed E-state index contributed by atoms with van der Waals surface area (Å²) in [5.74, 6) is 0.864. The summed E-state index contributed by atoms with van der Waals surface area (Å²) in [6.07, 6.45) is 1.09. The van der Waals surface area contributed by atoms with Crippen molar-refractivity contribution in [3.63, 3.8) is 0 Å². The van der Waals surface area contributed by atoms with E-state index in [0.29, 0.717) is 26.1 Å². The van der Waals surface area contributed by atoms with Crippen LogP contribution in [0.4, 0.5) is 4.79 Å². The lowest BCUT2D eigenvalue weighted by molar-refractivity contribution is 0.0507. The third-order valence-corrected chi connectivity index (χ3v) is 6.05. The number of carbonyl (C=O) groups excluding carboxylic acids is 1. The number of carbonyl (C=O) groups is 1. The molecule has 1 aliphatic heterocycles. The zero-order chi connectivity index (χ0) is 20.7. The van der Waals surface area contributed by atoms with Gasteiger partial charge in [0.15, 0.2) is 5.96 Å². The number of guanidine groups is 1. The van der Waals surface area contributed by atoms with Gasteiger partial charge >= 0.3 is 6.09 Å². The minimum Gasteiger partial charge on any atom is -0.444 e. The molecule has 0 aromatic rings. The van der Waals surface area contributed by atoms with E-state index in [1.807, 2.05) is 20.8 Å². The molecule has 9 nitrogen and oxygen atoms in total. The Morgan fingerprint density at radius 1 is 1.36 bits per heavy atom. The van der Waals surface area contributed by atoms with Crippen LogP contribution in [0.15, 0.2) is 4.99 Å². The Bertz CT molecular complexity index is 622. The Balaban J connectivity index is 0.00000729. The van der Waals surface area contributed by atoms with Crippen molar-refractivity contribution < 1.29 is 17.9 Å². The van der Waals surface area contributed by atoms with Gasteiger partial charge in [0.2, 0.25) is 10.0 Å². The molecule has 0 radical (unpaired) electrons. The van der Waals surface area contributed by atoms with Gasteiger partial charge < -0.3 is 20.3 Å². The number of nitrogens with one attached hydrogen (secondary N) is 2. The smallest absolute Gasteiger partial charge is 0.407 e. The van der Waals surface area contributed by atoms with Gasteiger partial charge in [-0.25, -0.2) is 17.5 Å². The molecule has 1 heterocycles. The maximum atomic E-state index is 11.9. The molecule has 0 aliphatic carbocycles. The van der Waals surface area contributed by atoms with Crippen molar-refractivity contribution in [2.75, 3.05) is 46.0 Å². The van der Waals surface area contributed by atoms with Crippen LogP contribution in [0.3, 0.4) is 0 Å². The van der Waals surface area contributed by atoms with Crippen LogP contribution in [-0.4, -0.2) is 87.3 Å². The molecule has 1 atom stereocenters. The first-order chi connectivity index (χ1) is 12.5. The van der Waals surface area contributed by atoms with E-state index in [4.69, 9.17) is 4.74 Å². The SMILES string of the molecule is CCS(=O)(=O)N(C)CCCNC(=NC)N1CCC(NC(=O)OC(C)(C)C)C1.I. The van der Waals surface area contributed by atoms with E-state index in [-0.39, 0.29) is 35.8 Å². The van der Waals surface area contributed by atoms with E-state index in [0.717, 1.165) is 18.9 Å². The van der Waals surface area contributed by atoms with Crippen molar-refractivity contribution in [3.05, 3.63) is 0 Å². The van der Waals surface area contributed by atoms with E-state index in [9.17, 15) is 13.2 Å². The van der Waals surface area contributed by atoms with Crippen LogP contribution in [0.5, 0.6) is 0 Å². The number of alkyl carbamates (subject to hydrolysis) is 1. The predicted octanol–water partition coefficient (Wildman–Crippen LogP) is 1.45. The number of hydrogen-bond acceptors (Lipinski definition) is 5. The van der Waals surface area contributed by atoms with Crippen LogP contribution in [0.2, 0.25) is 0 Å². The lowest BCUT2D eigenvalue weighted by Gasteiger charge is -2.23. The zero-order valence-corrected chi connectivity index (χ0v) is 21.0. The highest BCUT2D eigenvalue weighted by Crippen LogP contribution is 2.12. The lowest BCUT2D eigenvalue weighted by atomic mass is 10.2. The van der Waals surface area contributed by atoms with Crippen molar-refractivity contribution in [3.8, 4) is 0 Å². The normalized spacial score (nSPS) is 18.0. The molecular formula is C17H36IN5O4S. The first-order valence-corrected chi connectivity index (χ1v) is 11.0. The molecule has 0 aromatic heterocycles. The maximum absolute atomic E-state index is 11.9. The fraction of sp³-hybridized carbons (Fsp3) is 0.882. The first kappa shape index (κ1) is 27.2. The number of ether oxygens (including phenoxy) is 1. The molecule has 0 spiro atoms. The third kappa shape index (κ3) is 9.59. The topological polar surface area (TPSA) is 103 Å². The Morgan fingerprint density at radius 2 is 2.00 bits per heavy atom. The van der Waals surface area contributed by atoms with E-state index in [1.165, 1.54) is 4.31 Å². The average Bonchev–Trinajstić information content (AvgIpc) is 3.00. The predicted molar refractivity (Wildman–Crippen MR) is 123 cm³/mol. The Kier molecular flexibility index (Phi) is 11.7. The van der Waals surface area contributed by atoms with Crippen LogP contribution in [0.25, 0.3) is 0 Å². The Labute approximate surface area is 186 Å². The summed E-state index contributed by atoms with van der Waals surface area (Å²) in [6, 6.07) is 0.0132. The lowest BCUT2D eigenvalue weighted by Crippen LogP contribution is -2.44. The Morgan fingerprint density at radius 3 is 2.54 bits per heavy atom. The van der Waals surface area contributed by atoms with Gasteiger partial charge in [0.25, 0.3) is 0 Å². The van der Waals surface area contributed by atoms with Crippen LogP contribution < -0.4 is 10.6 Å². The van der Waals surface area contributed by atoms with Crippen molar-refractivity contribution in [2.24, 2.45) is 4.99 Å². The molecule has 1 aliphatic rings. The molecule has 1 unspecified atom stereocenters. The van der Waals surface area contributed by atoms with Gasteiger partial charge in [0, 0.05) is 40.3 Å². The van der Waals surface area contributed by atoms with Gasteiger partial charge in [0.05, 0.1) is 11.8 Å². The number of rotatable bonds is 7. The summed E-state index contributed by atoms with van der Waals surface area (Å²) in [6.45, 7) is 9.67. The molecule has 1 saturated heterocycles. The fourth-order valence-electron chi connectivity index (χ4n) is 2.74. The zero-order valence-electron chi connectivity index (χ0n) is 17.8. The standard InChI is InChI=1S/C17H35N5O4S.HI/c1-7-27(24,25)21(6)11-8-10-19-15(18-5)22-12-9-14(13-22)20-16(23)26-17(2,3)4;/h14H,7-13H2,1-6H3,(H,18,19)(H,20,23);1H. The molecule has 0 aromatic carbocycles. The van der Waals surface area contributed by atoms with Crippen LogP contribution in [-0.2, 0) is 14.8 Å². The molecule has 1 amide bonds. The van der Waals surface area contributed by atoms with Crippen LogP contribution >= 0.6 is 24.0 Å². The monoisotopic (exact) mass is 533 g/mol. The minimum absolute atomic E-state index is 0. The van der Waals surface area contributed by atoms with E-state index >= 15 is 0 Å². The second kappa shape index (κ2) is 12.0. The summed E-state index contributed by atoms with van der Waals surface area (Å²) in [7, 11) is 0.172. The van der Waals surface area contributed by atoms with Crippen molar-refractivity contribution in [1.29, 1.82) is 0 Å². The highest BCUT2D eigenvalue weighted by Gasteiger charge is 2.27. The maximum Gasteiger partial charge on any atom is 0.407 e. The van der Waals surface area contributed by atoms with Gasteiger partial charge in [-0.2, -0.15) is 0 Å². The molecule has 1 rings (SSSR count). The number of amides is 1. The van der Waals surface area contributed by atoms with Crippen molar-refractivity contribution in [1.82, 2.24) is 19.8 Å². The van der Waals surface area contributed by atoms with Gasteiger partial charge in [-0.3, -0.25) is 4.99 Å². The van der Waals surface area contributed by atoms with Gasteiger partial charge in [-0.15, -0.1) is 24.0 Å². The quantitative estimate of drug-likeness (QED) is 0.222. The molecule has 1 fully saturated rings. The number of nitrogens with zero attached hydrogens (tertiary/aromatic N) is 3. The van der Waals surface area contributed by atoms with Gasteiger partial charge in [0.1, 0.15) is 5.60 Å². The fourth-order valence-corrected chi connectivity index (χ4v) is 3.59. The molecule has 2 N–H and O–H groups in total. The minimum atomic E-state index is -3.14. The third-order valence-electron chi connectivity index (χ3n) is 4.19. The van der Waals surface area contributed by atoms with Crippen molar-refractivity contribution in [2.45, 2.75) is 52.2 Å².